The highest BCUT2D eigenvalue weighted by Crippen LogP contribution is 2.66. The molecule has 6 atom stereocenters. The van der Waals surface area contributed by atoms with E-state index in [1.165, 1.54) is 17.8 Å². The molecule has 1 saturated heterocycles. The highest BCUT2D eigenvalue weighted by molar-refractivity contribution is 5.93. The monoisotopic (exact) mass is 474 g/mol. The van der Waals surface area contributed by atoms with Crippen LogP contribution in [0.15, 0.2) is 36.0 Å². The second-order valence-electron chi connectivity index (χ2n) is 11.3. The lowest BCUT2D eigenvalue weighted by molar-refractivity contribution is -0.137. The molecule has 4 aliphatic rings. The van der Waals surface area contributed by atoms with E-state index >= 15 is 0 Å². The molecule has 0 bridgehead atoms. The molecule has 1 aromatic carbocycles. The Morgan fingerprint density at radius 2 is 1.88 bits per heavy atom. The molecule has 5 rings (SSSR count). The zero-order valence-electron chi connectivity index (χ0n) is 20.0. The van der Waals surface area contributed by atoms with Gasteiger partial charge in [0, 0.05) is 36.2 Å². The van der Waals surface area contributed by atoms with Crippen molar-refractivity contribution in [2.24, 2.45) is 34.5 Å². The number of nitrogens with zero attached hydrogens (tertiary/aromatic N) is 1. The first-order chi connectivity index (χ1) is 15.9. The van der Waals surface area contributed by atoms with Crippen molar-refractivity contribution in [3.63, 3.8) is 0 Å². The first kappa shape index (κ1) is 23.4. The lowest BCUT2D eigenvalue weighted by Crippen LogP contribution is -2.54. The summed E-state index contributed by atoms with van der Waals surface area (Å²) in [5.41, 5.74) is 0.449. The predicted octanol–water partition coefficient (Wildman–Crippen LogP) is 6.25. The van der Waals surface area contributed by atoms with Crippen LogP contribution in [0.3, 0.4) is 0 Å². The van der Waals surface area contributed by atoms with Crippen LogP contribution in [0.4, 0.5) is 18.9 Å². The van der Waals surface area contributed by atoms with Crippen LogP contribution < -0.4 is 5.32 Å². The van der Waals surface area contributed by atoms with Gasteiger partial charge in [-0.2, -0.15) is 13.2 Å². The SMILES string of the molecule is CN1C(=O)CC[C@@]2(C)C1=CC[C@@H]1[C@H]2CC[C@]2(C)C(C(=O)Nc3cccc(C(F)(F)F)c3)CC[C@@H]12. The molecule has 184 valence electrons. The number of anilines is 1. The highest BCUT2D eigenvalue weighted by atomic mass is 19.4. The third kappa shape index (κ3) is 3.49. The van der Waals surface area contributed by atoms with Crippen molar-refractivity contribution < 1.29 is 22.8 Å². The van der Waals surface area contributed by atoms with E-state index in [0.29, 0.717) is 24.2 Å². The quantitative estimate of drug-likeness (QED) is 0.551. The van der Waals surface area contributed by atoms with Crippen LogP contribution in [0.1, 0.15) is 64.4 Å². The van der Waals surface area contributed by atoms with Crippen molar-refractivity contribution in [3.05, 3.63) is 41.6 Å². The molecule has 34 heavy (non-hydrogen) atoms. The molecular weight excluding hydrogens is 441 g/mol. The van der Waals surface area contributed by atoms with Crippen LogP contribution in [-0.4, -0.2) is 23.8 Å². The molecule has 3 aliphatic carbocycles. The number of benzene rings is 1. The average Bonchev–Trinajstić information content (AvgIpc) is 3.13. The summed E-state index contributed by atoms with van der Waals surface area (Å²) in [6.07, 6.45) is 3.89. The average molecular weight is 475 g/mol. The van der Waals surface area contributed by atoms with Crippen LogP contribution in [0.2, 0.25) is 0 Å². The summed E-state index contributed by atoms with van der Waals surface area (Å²) in [4.78, 5) is 27.5. The van der Waals surface area contributed by atoms with Gasteiger partial charge >= 0.3 is 6.18 Å². The van der Waals surface area contributed by atoms with Crippen molar-refractivity contribution in [3.8, 4) is 0 Å². The number of fused-ring (bicyclic) bond motifs is 5. The van der Waals surface area contributed by atoms with Crippen LogP contribution in [0.5, 0.6) is 0 Å². The Morgan fingerprint density at radius 1 is 1.12 bits per heavy atom. The van der Waals surface area contributed by atoms with E-state index in [2.05, 4.69) is 25.2 Å². The van der Waals surface area contributed by atoms with E-state index in [1.807, 2.05) is 11.9 Å². The number of carbonyl (C=O) groups excluding carboxylic acids is 2. The van der Waals surface area contributed by atoms with Gasteiger partial charge in [0.15, 0.2) is 0 Å². The molecule has 1 aromatic rings. The second kappa shape index (κ2) is 7.85. The van der Waals surface area contributed by atoms with Gasteiger partial charge in [0.1, 0.15) is 0 Å². The molecule has 1 N–H and O–H groups in total. The Morgan fingerprint density at radius 3 is 2.62 bits per heavy atom. The standard InChI is InChI=1S/C27H33F3N2O2/c1-25-13-11-20-18(7-10-22-26(20,2)14-12-23(33)32(22)3)19(25)8-9-21(25)24(34)31-17-6-4-5-16(15-17)27(28,29)30/h4-6,10,15,18-21H,7-9,11-14H2,1-3H3,(H,31,34)/t18-,19-,20+,21?,25-,26+/m0/s1. The number of alkyl halides is 3. The van der Waals surface area contributed by atoms with Crippen molar-refractivity contribution >= 4 is 17.5 Å². The third-order valence-electron chi connectivity index (χ3n) is 9.79. The van der Waals surface area contributed by atoms with Gasteiger partial charge in [-0.1, -0.05) is 26.0 Å². The Balaban J connectivity index is 1.36. The largest absolute Gasteiger partial charge is 0.416 e. The molecule has 2 saturated carbocycles. The van der Waals surface area contributed by atoms with E-state index in [9.17, 15) is 22.8 Å². The summed E-state index contributed by atoms with van der Waals surface area (Å²) in [6.45, 7) is 4.53. The van der Waals surface area contributed by atoms with Crippen molar-refractivity contribution in [1.82, 2.24) is 4.90 Å². The number of amides is 2. The van der Waals surface area contributed by atoms with Crippen LogP contribution >= 0.6 is 0 Å². The lowest BCUT2D eigenvalue weighted by Gasteiger charge is -2.58. The number of hydrogen-bond acceptors (Lipinski definition) is 2. The molecule has 7 heteroatoms. The van der Waals surface area contributed by atoms with Gasteiger partial charge in [-0.25, -0.2) is 0 Å². The van der Waals surface area contributed by atoms with Crippen LogP contribution in [-0.2, 0) is 15.8 Å². The van der Waals surface area contributed by atoms with Crippen molar-refractivity contribution in [2.75, 3.05) is 12.4 Å². The number of rotatable bonds is 2. The Bertz CT molecular complexity index is 1050. The summed E-state index contributed by atoms with van der Waals surface area (Å²) in [5.74, 6) is 1.19. The number of allylic oxidation sites excluding steroid dienone is 2. The minimum Gasteiger partial charge on any atom is -0.326 e. The Kier molecular flexibility index (Phi) is 5.41. The maximum atomic E-state index is 13.3. The fraction of sp³-hybridized carbons (Fsp3) is 0.630. The summed E-state index contributed by atoms with van der Waals surface area (Å²) in [5, 5.41) is 2.80. The molecular formula is C27H33F3N2O2. The fourth-order valence-electron chi connectivity index (χ4n) is 8.01. The Hall–Kier alpha value is -2.31. The van der Waals surface area contributed by atoms with Gasteiger partial charge in [0.2, 0.25) is 11.8 Å². The molecule has 3 fully saturated rings. The van der Waals surface area contributed by atoms with E-state index in [4.69, 9.17) is 0 Å². The number of nitrogens with one attached hydrogen (secondary N) is 1. The fourth-order valence-corrected chi connectivity index (χ4v) is 8.01. The predicted molar refractivity (Wildman–Crippen MR) is 123 cm³/mol. The van der Waals surface area contributed by atoms with Gasteiger partial charge in [0.25, 0.3) is 0 Å². The summed E-state index contributed by atoms with van der Waals surface area (Å²) in [7, 11) is 1.89. The van der Waals surface area contributed by atoms with E-state index in [-0.39, 0.29) is 34.2 Å². The molecule has 1 unspecified atom stereocenters. The Labute approximate surface area is 199 Å². The number of piperidine rings is 1. The number of likely N-dealkylation sites (tertiary alicyclic amines) is 1. The van der Waals surface area contributed by atoms with Crippen LogP contribution in [0.25, 0.3) is 0 Å². The number of hydrogen-bond donors (Lipinski definition) is 1. The number of carbonyl (C=O) groups is 2. The smallest absolute Gasteiger partial charge is 0.326 e. The van der Waals surface area contributed by atoms with E-state index < -0.39 is 11.7 Å². The first-order valence-corrected chi connectivity index (χ1v) is 12.4. The van der Waals surface area contributed by atoms with Crippen LogP contribution in [0, 0.1) is 34.5 Å². The molecule has 1 aliphatic heterocycles. The lowest BCUT2D eigenvalue weighted by atomic mass is 9.49. The normalized spacial score (nSPS) is 37.4. The van der Waals surface area contributed by atoms with Gasteiger partial charge in [-0.05, 0) is 79.9 Å². The zero-order valence-corrected chi connectivity index (χ0v) is 20.0. The van der Waals surface area contributed by atoms with Crippen molar-refractivity contribution in [2.45, 2.75) is 65.0 Å². The maximum Gasteiger partial charge on any atom is 0.416 e. The molecule has 2 amide bonds. The maximum absolute atomic E-state index is 13.3. The van der Waals surface area contributed by atoms with Gasteiger partial charge in [-0.15, -0.1) is 0 Å². The third-order valence-corrected chi connectivity index (χ3v) is 9.79. The number of halogens is 3. The molecule has 0 radical (unpaired) electrons. The highest BCUT2D eigenvalue weighted by Gasteiger charge is 2.60. The molecule has 0 aromatic heterocycles. The summed E-state index contributed by atoms with van der Waals surface area (Å²) in [6, 6.07) is 4.89. The van der Waals surface area contributed by atoms with Gasteiger partial charge in [-0.3, -0.25) is 9.59 Å². The first-order valence-electron chi connectivity index (χ1n) is 12.4. The summed E-state index contributed by atoms with van der Waals surface area (Å²) < 4.78 is 39.3. The van der Waals surface area contributed by atoms with Gasteiger partial charge < -0.3 is 10.2 Å². The molecule has 4 nitrogen and oxygen atoms in total. The van der Waals surface area contributed by atoms with Crippen molar-refractivity contribution in [1.29, 1.82) is 0 Å². The van der Waals surface area contributed by atoms with E-state index in [0.717, 1.165) is 50.7 Å². The zero-order chi connectivity index (χ0) is 24.5. The second-order valence-corrected chi connectivity index (χ2v) is 11.3. The minimum atomic E-state index is -4.44. The molecule has 0 spiro atoms. The van der Waals surface area contributed by atoms with Gasteiger partial charge in [0.05, 0.1) is 5.56 Å². The van der Waals surface area contributed by atoms with E-state index in [1.54, 1.807) is 0 Å². The minimum absolute atomic E-state index is 0.00864. The topological polar surface area (TPSA) is 49.4 Å². The molecule has 1 heterocycles. The summed E-state index contributed by atoms with van der Waals surface area (Å²) >= 11 is 0.